The van der Waals surface area contributed by atoms with Gasteiger partial charge in [0.2, 0.25) is 5.01 Å². The number of hydrogen-bond acceptors (Lipinski definition) is 6. The van der Waals surface area contributed by atoms with Gasteiger partial charge >= 0.3 is 6.03 Å². The fourth-order valence-electron chi connectivity index (χ4n) is 3.41. The minimum absolute atomic E-state index is 0.221. The lowest BCUT2D eigenvalue weighted by Crippen LogP contribution is -2.34. The lowest BCUT2D eigenvalue weighted by Gasteiger charge is -2.23. The summed E-state index contributed by atoms with van der Waals surface area (Å²) in [5, 5.41) is 15.7. The molecule has 1 aromatic heterocycles. The van der Waals surface area contributed by atoms with Crippen LogP contribution in [0.5, 0.6) is 5.75 Å². The second-order valence-corrected chi connectivity index (χ2v) is 8.91. The lowest BCUT2D eigenvalue weighted by molar-refractivity contribution is 0.102. The number of methoxy groups -OCH3 is 1. The quantitative estimate of drug-likeness (QED) is 0.492. The highest BCUT2D eigenvalue weighted by molar-refractivity contribution is 7.13. The largest absolute Gasteiger partial charge is 0.495 e. The fraction of sp³-hybridized carbons (Fsp3) is 0.238. The van der Waals surface area contributed by atoms with Crippen molar-refractivity contribution in [2.24, 2.45) is 0 Å². The first-order valence-electron chi connectivity index (χ1n) is 9.76. The average molecular weight is 492 g/mol. The number of urea groups is 1. The number of ether oxygens (including phenoxy) is 1. The van der Waals surface area contributed by atoms with Gasteiger partial charge in [-0.25, -0.2) is 4.79 Å². The summed E-state index contributed by atoms with van der Waals surface area (Å²) in [5.74, 6) is 0.143. The topological polar surface area (TPSA) is 96.4 Å². The Hall–Kier alpha value is -2.88. The summed E-state index contributed by atoms with van der Waals surface area (Å²) in [6.07, 6.45) is 1.55. The van der Waals surface area contributed by atoms with E-state index in [1.807, 2.05) is 0 Å². The van der Waals surface area contributed by atoms with Gasteiger partial charge in [-0.15, -0.1) is 10.2 Å². The van der Waals surface area contributed by atoms with E-state index in [1.165, 1.54) is 18.4 Å². The Kier molecular flexibility index (Phi) is 6.78. The summed E-state index contributed by atoms with van der Waals surface area (Å²) < 4.78 is 5.30. The van der Waals surface area contributed by atoms with E-state index in [9.17, 15) is 9.59 Å². The second-order valence-electron chi connectivity index (χ2n) is 7.03. The smallest absolute Gasteiger partial charge is 0.322 e. The molecule has 0 spiro atoms. The molecule has 0 radical (unpaired) electrons. The molecular formula is C21H19Cl2N5O3S. The molecule has 2 aromatic carbocycles. The minimum Gasteiger partial charge on any atom is -0.495 e. The van der Waals surface area contributed by atoms with Crippen LogP contribution in [0.25, 0.3) is 0 Å². The van der Waals surface area contributed by atoms with Crippen LogP contribution < -0.4 is 15.4 Å². The van der Waals surface area contributed by atoms with Gasteiger partial charge in [0.15, 0.2) is 0 Å². The van der Waals surface area contributed by atoms with Crippen LogP contribution in [0.4, 0.5) is 16.2 Å². The zero-order valence-corrected chi connectivity index (χ0v) is 19.3. The highest BCUT2D eigenvalue weighted by atomic mass is 35.5. The van der Waals surface area contributed by atoms with Crippen molar-refractivity contribution >= 4 is 57.9 Å². The molecule has 32 heavy (non-hydrogen) atoms. The third-order valence-electron chi connectivity index (χ3n) is 4.94. The van der Waals surface area contributed by atoms with Crippen LogP contribution in [0.3, 0.4) is 0 Å². The van der Waals surface area contributed by atoms with E-state index in [2.05, 4.69) is 20.8 Å². The Morgan fingerprint density at radius 3 is 2.59 bits per heavy atom. The van der Waals surface area contributed by atoms with Gasteiger partial charge in [-0.05, 0) is 55.3 Å². The zero-order valence-electron chi connectivity index (χ0n) is 17.0. The molecule has 8 nitrogen and oxygen atoms in total. The summed E-state index contributed by atoms with van der Waals surface area (Å²) in [6, 6.07) is 11.2. The van der Waals surface area contributed by atoms with Gasteiger partial charge in [-0.2, -0.15) is 0 Å². The summed E-state index contributed by atoms with van der Waals surface area (Å²) in [6.45, 7) is 0.561. The Morgan fingerprint density at radius 1 is 1.09 bits per heavy atom. The molecule has 3 amide bonds. The minimum atomic E-state index is -0.367. The SMILES string of the molecule is COc1ccc(Cl)cc1NC(=O)N1CCC[C@H]1c1nnc(C(=O)Nc2ccc(Cl)cc2)s1. The molecule has 0 bridgehead atoms. The number of benzene rings is 2. The van der Waals surface area contributed by atoms with Gasteiger partial charge in [-0.3, -0.25) is 4.79 Å². The number of carbonyl (C=O) groups excluding carboxylic acids is 2. The van der Waals surface area contributed by atoms with E-state index in [0.29, 0.717) is 38.7 Å². The number of nitrogens with zero attached hydrogens (tertiary/aromatic N) is 3. The average Bonchev–Trinajstić information content (AvgIpc) is 3.45. The Balaban J connectivity index is 1.46. The molecule has 3 aromatic rings. The predicted octanol–water partition coefficient (Wildman–Crippen LogP) is 5.47. The molecular weight excluding hydrogens is 473 g/mol. The number of carbonyl (C=O) groups is 2. The molecule has 1 fully saturated rings. The molecule has 0 saturated carbocycles. The van der Waals surface area contributed by atoms with Crippen molar-refractivity contribution < 1.29 is 14.3 Å². The van der Waals surface area contributed by atoms with Crippen molar-refractivity contribution in [1.29, 1.82) is 0 Å². The van der Waals surface area contributed by atoms with Crippen LogP contribution in [0.1, 0.15) is 33.7 Å². The molecule has 2 N–H and O–H groups in total. The van der Waals surface area contributed by atoms with E-state index in [4.69, 9.17) is 27.9 Å². The number of anilines is 2. The molecule has 11 heteroatoms. The van der Waals surface area contributed by atoms with Crippen LogP contribution in [-0.4, -0.2) is 40.7 Å². The maximum absolute atomic E-state index is 13.0. The molecule has 4 rings (SSSR count). The van der Waals surface area contributed by atoms with E-state index in [1.54, 1.807) is 47.4 Å². The highest BCUT2D eigenvalue weighted by Crippen LogP contribution is 2.35. The monoisotopic (exact) mass is 491 g/mol. The van der Waals surface area contributed by atoms with Crippen LogP contribution in [-0.2, 0) is 0 Å². The maximum atomic E-state index is 13.0. The van der Waals surface area contributed by atoms with E-state index in [-0.39, 0.29) is 23.0 Å². The van der Waals surface area contributed by atoms with E-state index < -0.39 is 0 Å². The van der Waals surface area contributed by atoms with Crippen LogP contribution in [0.2, 0.25) is 10.0 Å². The standard InChI is InChI=1S/C21H19Cl2N5O3S/c1-31-17-9-6-13(23)11-15(17)25-21(30)28-10-2-3-16(28)19-26-27-20(32-19)18(29)24-14-7-4-12(22)5-8-14/h4-9,11,16H,2-3,10H2,1H3,(H,24,29)(H,25,30)/t16-/m0/s1. The number of rotatable bonds is 5. The Labute approximate surface area is 198 Å². The van der Waals surface area contributed by atoms with Crippen molar-refractivity contribution in [3.63, 3.8) is 0 Å². The first-order valence-corrected chi connectivity index (χ1v) is 11.3. The van der Waals surface area contributed by atoms with Crippen molar-refractivity contribution in [1.82, 2.24) is 15.1 Å². The molecule has 1 aliphatic heterocycles. The van der Waals surface area contributed by atoms with Crippen molar-refractivity contribution in [3.8, 4) is 5.75 Å². The molecule has 1 saturated heterocycles. The number of nitrogens with one attached hydrogen (secondary N) is 2. The van der Waals surface area contributed by atoms with Gasteiger partial charge in [0.25, 0.3) is 5.91 Å². The third kappa shape index (κ3) is 4.95. The molecule has 0 unspecified atom stereocenters. The summed E-state index contributed by atoms with van der Waals surface area (Å²) >= 11 is 13.1. The molecule has 1 aliphatic rings. The number of aromatic nitrogens is 2. The van der Waals surface area contributed by atoms with Crippen molar-refractivity contribution in [3.05, 3.63) is 62.5 Å². The second kappa shape index (κ2) is 9.72. The van der Waals surface area contributed by atoms with Crippen molar-refractivity contribution in [2.75, 3.05) is 24.3 Å². The summed E-state index contributed by atoms with van der Waals surface area (Å²) in [7, 11) is 1.52. The van der Waals surface area contributed by atoms with E-state index >= 15 is 0 Å². The highest BCUT2D eigenvalue weighted by Gasteiger charge is 2.33. The third-order valence-corrected chi connectivity index (χ3v) is 6.45. The Morgan fingerprint density at radius 2 is 1.84 bits per heavy atom. The van der Waals surface area contributed by atoms with Gasteiger partial charge < -0.3 is 20.3 Å². The number of halogens is 2. The predicted molar refractivity (Wildman–Crippen MR) is 125 cm³/mol. The van der Waals surface area contributed by atoms with E-state index in [0.717, 1.165) is 12.8 Å². The van der Waals surface area contributed by atoms with Gasteiger partial charge in [0, 0.05) is 22.3 Å². The number of hydrogen-bond donors (Lipinski definition) is 2. The van der Waals surface area contributed by atoms with Crippen LogP contribution in [0, 0.1) is 0 Å². The number of likely N-dealkylation sites (tertiary alicyclic amines) is 1. The fourth-order valence-corrected chi connectivity index (χ4v) is 4.59. The van der Waals surface area contributed by atoms with Crippen molar-refractivity contribution in [2.45, 2.75) is 18.9 Å². The first-order chi connectivity index (χ1) is 15.4. The maximum Gasteiger partial charge on any atom is 0.322 e. The molecule has 1 atom stereocenters. The summed E-state index contributed by atoms with van der Waals surface area (Å²) in [5.41, 5.74) is 1.09. The lowest BCUT2D eigenvalue weighted by atomic mass is 10.2. The van der Waals surface area contributed by atoms with Crippen LogP contribution >= 0.6 is 34.5 Å². The first kappa shape index (κ1) is 22.3. The Bertz CT molecular complexity index is 1140. The number of amides is 3. The van der Waals surface area contributed by atoms with Gasteiger partial charge in [0.1, 0.15) is 10.8 Å². The molecule has 0 aliphatic carbocycles. The molecule has 166 valence electrons. The van der Waals surface area contributed by atoms with Gasteiger partial charge in [0.05, 0.1) is 18.8 Å². The normalized spacial score (nSPS) is 15.5. The van der Waals surface area contributed by atoms with Gasteiger partial charge in [-0.1, -0.05) is 34.5 Å². The zero-order chi connectivity index (χ0) is 22.7. The summed E-state index contributed by atoms with van der Waals surface area (Å²) in [4.78, 5) is 27.2. The van der Waals surface area contributed by atoms with Crippen LogP contribution in [0.15, 0.2) is 42.5 Å². The molecule has 2 heterocycles.